The van der Waals surface area contributed by atoms with Gasteiger partial charge in [0.25, 0.3) is 0 Å². The van der Waals surface area contributed by atoms with Gasteiger partial charge in [0.15, 0.2) is 6.10 Å². The smallest absolute Gasteiger partial charge is 0.344 e. The van der Waals surface area contributed by atoms with Crippen LogP contribution >= 0.6 is 0 Å². The summed E-state index contributed by atoms with van der Waals surface area (Å²) in [5, 5.41) is 8.96. The third-order valence-corrected chi connectivity index (χ3v) is 2.51. The quantitative estimate of drug-likeness (QED) is 0.796. The minimum atomic E-state index is -0.928. The molecule has 0 bridgehead atoms. The van der Waals surface area contributed by atoms with E-state index < -0.39 is 12.1 Å². The van der Waals surface area contributed by atoms with E-state index in [0.717, 1.165) is 12.0 Å². The molecule has 1 rings (SSSR count). The molecule has 0 aliphatic heterocycles. The molecular formula is C13H19NO3. The second kappa shape index (κ2) is 6.25. The highest BCUT2D eigenvalue weighted by molar-refractivity contribution is 5.72. The maximum atomic E-state index is 10.9. The first-order valence-corrected chi connectivity index (χ1v) is 5.79. The van der Waals surface area contributed by atoms with Gasteiger partial charge >= 0.3 is 5.97 Å². The van der Waals surface area contributed by atoms with Crippen LogP contribution in [0.3, 0.4) is 0 Å². The van der Waals surface area contributed by atoms with Crippen LogP contribution in [-0.2, 0) is 4.79 Å². The van der Waals surface area contributed by atoms with Crippen molar-refractivity contribution >= 4 is 5.97 Å². The molecule has 0 aromatic heterocycles. The Morgan fingerprint density at radius 2 is 2.00 bits per heavy atom. The van der Waals surface area contributed by atoms with Crippen molar-refractivity contribution in [3.63, 3.8) is 0 Å². The highest BCUT2D eigenvalue weighted by atomic mass is 16.5. The lowest BCUT2D eigenvalue weighted by Gasteiger charge is -2.15. The molecule has 0 radical (unpaired) electrons. The molecular weight excluding hydrogens is 218 g/mol. The lowest BCUT2D eigenvalue weighted by Crippen LogP contribution is -2.26. The van der Waals surface area contributed by atoms with Gasteiger partial charge in [-0.15, -0.1) is 0 Å². The molecule has 17 heavy (non-hydrogen) atoms. The van der Waals surface area contributed by atoms with E-state index >= 15 is 0 Å². The Labute approximate surface area is 101 Å². The van der Waals surface area contributed by atoms with Crippen LogP contribution in [0.4, 0.5) is 0 Å². The summed E-state index contributed by atoms with van der Waals surface area (Å²) in [6.07, 6.45) is 0.500. The van der Waals surface area contributed by atoms with E-state index in [1.807, 2.05) is 26.0 Å². The summed E-state index contributed by atoms with van der Waals surface area (Å²) >= 11 is 0. The molecule has 0 amide bonds. The lowest BCUT2D eigenvalue weighted by atomic mass is 10.1. The number of hydrogen-bond acceptors (Lipinski definition) is 3. The van der Waals surface area contributed by atoms with Crippen molar-refractivity contribution in [2.45, 2.75) is 38.8 Å². The van der Waals surface area contributed by atoms with Crippen LogP contribution in [0, 0.1) is 0 Å². The number of benzene rings is 1. The van der Waals surface area contributed by atoms with Crippen LogP contribution in [-0.4, -0.2) is 17.2 Å². The van der Waals surface area contributed by atoms with Gasteiger partial charge in [0, 0.05) is 6.04 Å². The molecule has 2 atom stereocenters. The van der Waals surface area contributed by atoms with Gasteiger partial charge in [-0.05, 0) is 31.0 Å². The molecule has 0 aliphatic carbocycles. The molecule has 0 heterocycles. The molecule has 4 heteroatoms. The number of carboxylic acids is 1. The number of hydrogen-bond donors (Lipinski definition) is 2. The van der Waals surface area contributed by atoms with Crippen molar-refractivity contribution in [3.8, 4) is 5.75 Å². The zero-order chi connectivity index (χ0) is 12.8. The summed E-state index contributed by atoms with van der Waals surface area (Å²) < 4.78 is 5.41. The van der Waals surface area contributed by atoms with Crippen LogP contribution in [0.25, 0.3) is 0 Å². The Morgan fingerprint density at radius 3 is 2.41 bits per heavy atom. The number of aliphatic carboxylic acids is 1. The number of carbonyl (C=O) groups is 1. The van der Waals surface area contributed by atoms with Gasteiger partial charge in [-0.1, -0.05) is 25.5 Å². The van der Waals surface area contributed by atoms with Crippen molar-refractivity contribution in [2.24, 2.45) is 5.73 Å². The van der Waals surface area contributed by atoms with Crippen LogP contribution in [0.15, 0.2) is 24.3 Å². The lowest BCUT2D eigenvalue weighted by molar-refractivity contribution is -0.145. The third kappa shape index (κ3) is 4.07. The van der Waals surface area contributed by atoms with E-state index in [9.17, 15) is 4.79 Å². The highest BCUT2D eigenvalue weighted by Gasteiger charge is 2.17. The molecule has 3 N–H and O–H groups in total. The van der Waals surface area contributed by atoms with Gasteiger partial charge < -0.3 is 15.6 Å². The predicted molar refractivity (Wildman–Crippen MR) is 66.0 cm³/mol. The van der Waals surface area contributed by atoms with Crippen molar-refractivity contribution in [1.29, 1.82) is 0 Å². The van der Waals surface area contributed by atoms with Gasteiger partial charge in [0.05, 0.1) is 0 Å². The Balaban J connectivity index is 2.70. The first-order chi connectivity index (χ1) is 8.04. The molecule has 4 nitrogen and oxygen atoms in total. The van der Waals surface area contributed by atoms with E-state index in [-0.39, 0.29) is 6.04 Å². The number of ether oxygens (including phenoxy) is 1. The molecule has 1 aromatic rings. The average Bonchev–Trinajstić information content (AvgIpc) is 2.29. The number of nitrogens with two attached hydrogens (primary N) is 1. The molecule has 0 fully saturated rings. The normalized spacial score (nSPS) is 14.1. The molecule has 0 spiro atoms. The largest absolute Gasteiger partial charge is 0.479 e. The number of rotatable bonds is 6. The van der Waals surface area contributed by atoms with E-state index in [2.05, 4.69) is 0 Å². The summed E-state index contributed by atoms with van der Waals surface area (Å²) in [5.74, 6) is -0.363. The van der Waals surface area contributed by atoms with Crippen molar-refractivity contribution in [2.75, 3.05) is 0 Å². The fraction of sp³-hybridized carbons (Fsp3) is 0.462. The van der Waals surface area contributed by atoms with Crippen molar-refractivity contribution in [3.05, 3.63) is 29.8 Å². The van der Waals surface area contributed by atoms with Gasteiger partial charge in [-0.2, -0.15) is 0 Å². The molecule has 1 aromatic carbocycles. The summed E-state index contributed by atoms with van der Waals surface area (Å²) in [4.78, 5) is 10.9. The van der Waals surface area contributed by atoms with Crippen LogP contribution in [0.5, 0.6) is 5.75 Å². The van der Waals surface area contributed by atoms with E-state index in [4.69, 9.17) is 15.6 Å². The molecule has 94 valence electrons. The predicted octanol–water partition coefficient (Wildman–Crippen LogP) is 2.34. The van der Waals surface area contributed by atoms with Gasteiger partial charge in [0.1, 0.15) is 5.75 Å². The summed E-state index contributed by atoms with van der Waals surface area (Å²) in [6, 6.07) is 7.18. The standard InChI is InChI=1S/C13H19NO3/c1-3-4-12(13(15)16)17-11-7-5-10(6-8-11)9(2)14/h5-9,12H,3-4,14H2,1-2H3,(H,15,16)/t9-,12?/m1/s1. The Bertz CT molecular complexity index is 359. The monoisotopic (exact) mass is 237 g/mol. The zero-order valence-corrected chi connectivity index (χ0v) is 10.2. The van der Waals surface area contributed by atoms with Gasteiger partial charge in [-0.3, -0.25) is 0 Å². The second-order valence-corrected chi connectivity index (χ2v) is 4.09. The third-order valence-electron chi connectivity index (χ3n) is 2.51. The zero-order valence-electron chi connectivity index (χ0n) is 10.2. The topological polar surface area (TPSA) is 72.5 Å². The second-order valence-electron chi connectivity index (χ2n) is 4.09. The Hall–Kier alpha value is -1.55. The molecule has 0 saturated heterocycles. The molecule has 0 saturated carbocycles. The number of carboxylic acid groups (broad SMARTS) is 1. The molecule has 1 unspecified atom stereocenters. The maximum absolute atomic E-state index is 10.9. The minimum absolute atomic E-state index is 0.0324. The van der Waals surface area contributed by atoms with E-state index in [0.29, 0.717) is 12.2 Å². The van der Waals surface area contributed by atoms with Gasteiger partial charge in [-0.25, -0.2) is 4.79 Å². The Morgan fingerprint density at radius 1 is 1.41 bits per heavy atom. The SMILES string of the molecule is CCCC(Oc1ccc([C@@H](C)N)cc1)C(=O)O. The fourth-order valence-corrected chi connectivity index (χ4v) is 1.51. The van der Waals surface area contributed by atoms with Crippen molar-refractivity contribution < 1.29 is 14.6 Å². The highest BCUT2D eigenvalue weighted by Crippen LogP contribution is 2.18. The van der Waals surface area contributed by atoms with Crippen LogP contribution < -0.4 is 10.5 Å². The molecule has 0 aliphatic rings. The summed E-state index contributed by atoms with van der Waals surface area (Å²) in [5.41, 5.74) is 6.73. The first kappa shape index (κ1) is 13.5. The Kier molecular flexibility index (Phi) is 4.97. The van der Waals surface area contributed by atoms with Gasteiger partial charge in [0.2, 0.25) is 0 Å². The first-order valence-electron chi connectivity index (χ1n) is 5.79. The van der Waals surface area contributed by atoms with Crippen LogP contribution in [0.1, 0.15) is 38.3 Å². The van der Waals surface area contributed by atoms with E-state index in [1.54, 1.807) is 12.1 Å². The van der Waals surface area contributed by atoms with Crippen molar-refractivity contribution in [1.82, 2.24) is 0 Å². The average molecular weight is 237 g/mol. The maximum Gasteiger partial charge on any atom is 0.344 e. The summed E-state index contributed by atoms with van der Waals surface area (Å²) in [7, 11) is 0. The summed E-state index contributed by atoms with van der Waals surface area (Å²) in [6.45, 7) is 3.82. The minimum Gasteiger partial charge on any atom is -0.479 e. The van der Waals surface area contributed by atoms with E-state index in [1.165, 1.54) is 0 Å². The van der Waals surface area contributed by atoms with Crippen LogP contribution in [0.2, 0.25) is 0 Å². The fourth-order valence-electron chi connectivity index (χ4n) is 1.51.